The van der Waals surface area contributed by atoms with Gasteiger partial charge in [-0.2, -0.15) is 0 Å². The topological polar surface area (TPSA) is 92.5 Å². The summed E-state index contributed by atoms with van der Waals surface area (Å²) in [6.45, 7) is 2.30. The number of aryl methyl sites for hydroxylation is 2. The number of aromatic nitrogens is 2. The summed E-state index contributed by atoms with van der Waals surface area (Å²) in [4.78, 5) is 42.0. The maximum atomic E-state index is 12.3. The molecule has 0 atom stereocenters. The van der Waals surface area contributed by atoms with E-state index in [4.69, 9.17) is 5.11 Å². The third kappa shape index (κ3) is 3.70. The van der Waals surface area contributed by atoms with Crippen LogP contribution in [0.15, 0.2) is 17.2 Å². The van der Waals surface area contributed by atoms with Gasteiger partial charge in [0.2, 0.25) is 5.91 Å². The maximum absolute atomic E-state index is 12.3. The number of hydrogen-bond donors (Lipinski definition) is 1. The van der Waals surface area contributed by atoms with Crippen molar-refractivity contribution in [1.82, 2.24) is 14.5 Å². The summed E-state index contributed by atoms with van der Waals surface area (Å²) in [5, 5.41) is 9.17. The zero-order valence-corrected chi connectivity index (χ0v) is 13.2. The summed E-state index contributed by atoms with van der Waals surface area (Å²) in [7, 11) is 1.55. The predicted octanol–water partition coefficient (Wildman–Crippen LogP) is 1.09. The van der Waals surface area contributed by atoms with Gasteiger partial charge in [0.1, 0.15) is 4.83 Å². The van der Waals surface area contributed by atoms with Gasteiger partial charge in [-0.05, 0) is 13.0 Å². The number of aliphatic carboxylic acids is 1. The van der Waals surface area contributed by atoms with E-state index in [2.05, 4.69) is 4.98 Å². The second-order valence-electron chi connectivity index (χ2n) is 5.03. The molecule has 22 heavy (non-hydrogen) atoms. The quantitative estimate of drug-likeness (QED) is 0.859. The molecule has 0 aliphatic rings. The van der Waals surface area contributed by atoms with Gasteiger partial charge >= 0.3 is 5.97 Å². The minimum Gasteiger partial charge on any atom is -0.481 e. The highest BCUT2D eigenvalue weighted by molar-refractivity contribution is 7.18. The Morgan fingerprint density at radius 1 is 1.41 bits per heavy atom. The number of amides is 1. The third-order valence-electron chi connectivity index (χ3n) is 3.29. The Balaban J connectivity index is 2.02. The lowest BCUT2D eigenvalue weighted by molar-refractivity contribution is -0.138. The highest BCUT2D eigenvalue weighted by Gasteiger charge is 2.12. The van der Waals surface area contributed by atoms with E-state index in [1.54, 1.807) is 13.1 Å². The standard InChI is InChI=1S/C14H17N3O4S/c1-9-7-10-13(22-9)15-8-17(14(10)21)6-3-11(18)16(2)5-4-12(19)20/h7-8H,3-6H2,1-2H3,(H,19,20). The van der Waals surface area contributed by atoms with Gasteiger partial charge in [-0.3, -0.25) is 19.0 Å². The lowest BCUT2D eigenvalue weighted by atomic mass is 10.3. The Kier molecular flexibility index (Phi) is 4.92. The van der Waals surface area contributed by atoms with Gasteiger partial charge in [0.25, 0.3) is 5.56 Å². The fourth-order valence-corrected chi connectivity index (χ4v) is 2.87. The average Bonchev–Trinajstić information content (AvgIpc) is 2.85. The van der Waals surface area contributed by atoms with Crippen LogP contribution < -0.4 is 5.56 Å². The van der Waals surface area contributed by atoms with E-state index in [0.717, 1.165) is 4.88 Å². The molecule has 1 N–H and O–H groups in total. The number of fused-ring (bicyclic) bond motifs is 1. The van der Waals surface area contributed by atoms with Crippen LogP contribution in [0.2, 0.25) is 0 Å². The fourth-order valence-electron chi connectivity index (χ4n) is 2.03. The molecule has 0 aliphatic carbocycles. The predicted molar refractivity (Wildman–Crippen MR) is 83.1 cm³/mol. The molecule has 2 aromatic heterocycles. The maximum Gasteiger partial charge on any atom is 0.305 e. The summed E-state index contributed by atoms with van der Waals surface area (Å²) >= 11 is 1.46. The molecule has 8 heteroatoms. The fraction of sp³-hybridized carbons (Fsp3) is 0.429. The molecule has 7 nitrogen and oxygen atoms in total. The van der Waals surface area contributed by atoms with Crippen LogP contribution in [0.5, 0.6) is 0 Å². The first kappa shape index (κ1) is 16.2. The minimum absolute atomic E-state index is 0.0934. The van der Waals surface area contributed by atoms with Crippen molar-refractivity contribution in [2.24, 2.45) is 0 Å². The molecule has 0 fully saturated rings. The Morgan fingerprint density at radius 3 is 2.82 bits per heavy atom. The van der Waals surface area contributed by atoms with Gasteiger partial charge < -0.3 is 10.0 Å². The number of carbonyl (C=O) groups is 2. The molecule has 0 aliphatic heterocycles. The number of hydrogen-bond acceptors (Lipinski definition) is 5. The molecule has 0 saturated carbocycles. The van der Waals surface area contributed by atoms with Crippen molar-refractivity contribution in [1.29, 1.82) is 0 Å². The van der Waals surface area contributed by atoms with Crippen LogP contribution in [0.25, 0.3) is 10.2 Å². The second-order valence-corrected chi connectivity index (χ2v) is 6.26. The van der Waals surface area contributed by atoms with Crippen LogP contribution in [0.3, 0.4) is 0 Å². The molecule has 2 rings (SSSR count). The van der Waals surface area contributed by atoms with Gasteiger partial charge in [-0.15, -0.1) is 11.3 Å². The number of carbonyl (C=O) groups excluding carboxylic acids is 1. The van der Waals surface area contributed by atoms with Crippen LogP contribution in [-0.2, 0) is 16.1 Å². The molecule has 0 unspecified atom stereocenters. The van der Waals surface area contributed by atoms with Crippen molar-refractivity contribution in [2.75, 3.05) is 13.6 Å². The number of nitrogens with zero attached hydrogens (tertiary/aromatic N) is 3. The van der Waals surface area contributed by atoms with E-state index < -0.39 is 5.97 Å². The van der Waals surface area contributed by atoms with Gasteiger partial charge in [0.15, 0.2) is 0 Å². The average molecular weight is 323 g/mol. The summed E-state index contributed by atoms with van der Waals surface area (Å²) in [6, 6.07) is 1.80. The first-order valence-electron chi connectivity index (χ1n) is 6.80. The van der Waals surface area contributed by atoms with Crippen molar-refractivity contribution in [3.05, 3.63) is 27.6 Å². The zero-order valence-electron chi connectivity index (χ0n) is 12.4. The molecule has 0 saturated heterocycles. The van der Waals surface area contributed by atoms with Gasteiger partial charge in [0, 0.05) is 31.4 Å². The van der Waals surface area contributed by atoms with E-state index >= 15 is 0 Å². The number of carboxylic acids is 1. The van der Waals surface area contributed by atoms with Crippen molar-refractivity contribution in [3.8, 4) is 0 Å². The molecule has 0 aromatic carbocycles. The Bertz CT molecular complexity index is 765. The SMILES string of the molecule is Cc1cc2c(=O)n(CCC(=O)N(C)CCC(=O)O)cnc2s1. The van der Waals surface area contributed by atoms with Crippen LogP contribution in [-0.4, -0.2) is 45.0 Å². The lowest BCUT2D eigenvalue weighted by Gasteiger charge is -2.16. The minimum atomic E-state index is -0.946. The van der Waals surface area contributed by atoms with E-state index in [0.29, 0.717) is 10.2 Å². The first-order chi connectivity index (χ1) is 10.4. The van der Waals surface area contributed by atoms with Gasteiger partial charge in [0.05, 0.1) is 18.1 Å². The van der Waals surface area contributed by atoms with Crippen molar-refractivity contribution in [3.63, 3.8) is 0 Å². The van der Waals surface area contributed by atoms with Gasteiger partial charge in [-0.1, -0.05) is 0 Å². The molecular weight excluding hydrogens is 306 g/mol. The molecular formula is C14H17N3O4S. The zero-order chi connectivity index (χ0) is 16.3. The molecule has 118 valence electrons. The number of rotatable bonds is 6. The Labute approximate surface area is 130 Å². The summed E-state index contributed by atoms with van der Waals surface area (Å²) < 4.78 is 1.41. The Morgan fingerprint density at radius 2 is 2.14 bits per heavy atom. The summed E-state index contributed by atoms with van der Waals surface area (Å²) in [6.07, 6.45) is 1.49. The van der Waals surface area contributed by atoms with Gasteiger partial charge in [-0.25, -0.2) is 4.98 Å². The van der Waals surface area contributed by atoms with Crippen LogP contribution in [0, 0.1) is 6.92 Å². The van der Waals surface area contributed by atoms with E-state index in [1.807, 2.05) is 6.92 Å². The van der Waals surface area contributed by atoms with E-state index in [9.17, 15) is 14.4 Å². The molecule has 0 spiro atoms. The molecule has 2 aromatic rings. The normalized spacial score (nSPS) is 10.8. The number of carboxylic acid groups (broad SMARTS) is 1. The van der Waals surface area contributed by atoms with E-state index in [1.165, 1.54) is 27.1 Å². The third-order valence-corrected chi connectivity index (χ3v) is 4.25. The summed E-state index contributed by atoms with van der Waals surface area (Å²) in [5.41, 5.74) is -0.157. The second kappa shape index (κ2) is 6.69. The highest BCUT2D eigenvalue weighted by Crippen LogP contribution is 2.19. The van der Waals surface area contributed by atoms with Crippen molar-refractivity contribution in [2.45, 2.75) is 26.3 Å². The molecule has 1 amide bonds. The van der Waals surface area contributed by atoms with E-state index in [-0.39, 0.29) is 37.4 Å². The van der Waals surface area contributed by atoms with Crippen molar-refractivity contribution < 1.29 is 14.7 Å². The smallest absolute Gasteiger partial charge is 0.305 e. The highest BCUT2D eigenvalue weighted by atomic mass is 32.1. The molecule has 0 radical (unpaired) electrons. The molecule has 2 heterocycles. The monoisotopic (exact) mass is 323 g/mol. The van der Waals surface area contributed by atoms with Crippen molar-refractivity contribution >= 4 is 33.4 Å². The van der Waals surface area contributed by atoms with Crippen LogP contribution in [0.4, 0.5) is 0 Å². The van der Waals surface area contributed by atoms with Crippen LogP contribution in [0.1, 0.15) is 17.7 Å². The first-order valence-corrected chi connectivity index (χ1v) is 7.61. The van der Waals surface area contributed by atoms with Crippen LogP contribution >= 0.6 is 11.3 Å². The lowest BCUT2D eigenvalue weighted by Crippen LogP contribution is -2.31. The number of thiophene rings is 1. The largest absolute Gasteiger partial charge is 0.481 e. The summed E-state index contributed by atoms with van der Waals surface area (Å²) in [5.74, 6) is -1.15. The molecule has 0 bridgehead atoms. The Hall–Kier alpha value is -2.22.